The van der Waals surface area contributed by atoms with Gasteiger partial charge in [0.2, 0.25) is 16.0 Å². The molecule has 0 aromatic carbocycles. The van der Waals surface area contributed by atoms with Crippen molar-refractivity contribution in [3.8, 4) is 0 Å². The maximum absolute atomic E-state index is 10.9. The first-order chi connectivity index (χ1) is 6.67. The minimum atomic E-state index is -0.568. The summed E-state index contributed by atoms with van der Waals surface area (Å²) in [6, 6.07) is 0. The Morgan fingerprint density at radius 1 is 1.57 bits per heavy atom. The second kappa shape index (κ2) is 5.01. The number of carbonyl (C=O) groups is 2. The second-order valence-electron chi connectivity index (χ2n) is 2.09. The number of halogens is 1. The number of hydrogen-bond donors (Lipinski definition) is 1. The molecule has 0 spiro atoms. The van der Waals surface area contributed by atoms with Crippen LogP contribution >= 0.6 is 27.3 Å². The Hall–Kier alpha value is -1.02. The quantitative estimate of drug-likeness (QED) is 0.649. The van der Waals surface area contributed by atoms with Crippen molar-refractivity contribution in [2.45, 2.75) is 0 Å². The molecule has 1 N–H and O–H groups in total. The van der Waals surface area contributed by atoms with E-state index in [4.69, 9.17) is 0 Å². The highest BCUT2D eigenvalue weighted by atomic mass is 79.9. The van der Waals surface area contributed by atoms with Crippen molar-refractivity contribution in [2.24, 2.45) is 0 Å². The molecule has 1 heterocycles. The first-order valence-corrected chi connectivity index (χ1v) is 5.38. The third-order valence-corrected chi connectivity index (χ3v) is 2.48. The van der Waals surface area contributed by atoms with Gasteiger partial charge in [-0.1, -0.05) is 27.3 Å². The Balaban J connectivity index is 2.68. The number of nitrogens with zero attached hydrogens (tertiary/aromatic N) is 2. The molecule has 0 aliphatic carbocycles. The number of aromatic nitrogens is 2. The molecule has 8 heteroatoms. The normalized spacial score (nSPS) is 9.57. The average molecular weight is 280 g/mol. The minimum Gasteiger partial charge on any atom is -0.464 e. The van der Waals surface area contributed by atoms with E-state index >= 15 is 0 Å². The number of esters is 1. The molecular formula is C6H6BrN3O3S. The summed E-state index contributed by atoms with van der Waals surface area (Å²) in [4.78, 5) is 21.8. The van der Waals surface area contributed by atoms with Gasteiger partial charge in [0.1, 0.15) is 0 Å². The van der Waals surface area contributed by atoms with E-state index < -0.39 is 5.97 Å². The van der Waals surface area contributed by atoms with E-state index in [1.165, 1.54) is 7.11 Å². The summed E-state index contributed by atoms with van der Waals surface area (Å²) >= 11 is 3.93. The number of carbonyl (C=O) groups excluding carboxylic acids is 2. The highest BCUT2D eigenvalue weighted by Crippen LogP contribution is 2.15. The Morgan fingerprint density at radius 3 is 2.86 bits per heavy atom. The fourth-order valence-electron chi connectivity index (χ4n) is 0.596. The fourth-order valence-corrected chi connectivity index (χ4v) is 1.41. The van der Waals surface area contributed by atoms with Crippen LogP contribution in [-0.4, -0.2) is 34.5 Å². The lowest BCUT2D eigenvalue weighted by atomic mass is 10.7. The SMILES string of the molecule is COC(=O)c1nnc(NC(=O)CBr)s1. The van der Waals surface area contributed by atoms with Gasteiger partial charge in [-0.05, 0) is 0 Å². The summed E-state index contributed by atoms with van der Waals surface area (Å²) in [6.07, 6.45) is 0. The van der Waals surface area contributed by atoms with Gasteiger partial charge in [-0.2, -0.15) is 0 Å². The molecule has 1 amide bonds. The molecule has 0 atom stereocenters. The zero-order chi connectivity index (χ0) is 10.6. The van der Waals surface area contributed by atoms with Crippen LogP contribution in [-0.2, 0) is 9.53 Å². The summed E-state index contributed by atoms with van der Waals surface area (Å²) in [7, 11) is 1.25. The van der Waals surface area contributed by atoms with Crippen LogP contribution in [0, 0.1) is 0 Å². The number of methoxy groups -OCH3 is 1. The van der Waals surface area contributed by atoms with Crippen LogP contribution in [0.1, 0.15) is 9.80 Å². The third-order valence-electron chi connectivity index (χ3n) is 1.15. The van der Waals surface area contributed by atoms with E-state index in [0.29, 0.717) is 0 Å². The van der Waals surface area contributed by atoms with Crippen molar-refractivity contribution in [1.29, 1.82) is 0 Å². The molecule has 0 aliphatic heterocycles. The van der Waals surface area contributed by atoms with Crippen LogP contribution in [0.25, 0.3) is 0 Å². The van der Waals surface area contributed by atoms with Gasteiger partial charge in [0, 0.05) is 0 Å². The van der Waals surface area contributed by atoms with Crippen molar-refractivity contribution in [3.05, 3.63) is 5.01 Å². The summed E-state index contributed by atoms with van der Waals surface area (Å²) in [5.74, 6) is -0.820. The highest BCUT2D eigenvalue weighted by molar-refractivity contribution is 9.09. The molecule has 14 heavy (non-hydrogen) atoms. The molecule has 0 saturated heterocycles. The molecule has 0 radical (unpaired) electrons. The molecule has 0 saturated carbocycles. The lowest BCUT2D eigenvalue weighted by molar-refractivity contribution is -0.113. The first-order valence-electron chi connectivity index (χ1n) is 3.45. The van der Waals surface area contributed by atoms with Crippen molar-refractivity contribution >= 4 is 44.3 Å². The molecule has 1 aromatic heterocycles. The van der Waals surface area contributed by atoms with E-state index in [1.807, 2.05) is 0 Å². The molecule has 0 unspecified atom stereocenters. The van der Waals surface area contributed by atoms with Gasteiger partial charge in [-0.3, -0.25) is 10.1 Å². The highest BCUT2D eigenvalue weighted by Gasteiger charge is 2.13. The van der Waals surface area contributed by atoms with E-state index in [9.17, 15) is 9.59 Å². The van der Waals surface area contributed by atoms with Gasteiger partial charge in [-0.15, -0.1) is 10.2 Å². The number of hydrogen-bond acceptors (Lipinski definition) is 6. The van der Waals surface area contributed by atoms with Crippen LogP contribution in [0.4, 0.5) is 5.13 Å². The van der Waals surface area contributed by atoms with Crippen molar-refractivity contribution in [3.63, 3.8) is 0 Å². The molecule has 0 aliphatic rings. The zero-order valence-corrected chi connectivity index (χ0v) is 9.51. The molecule has 76 valence electrons. The van der Waals surface area contributed by atoms with Gasteiger partial charge >= 0.3 is 5.97 Å². The van der Waals surface area contributed by atoms with Crippen LogP contribution < -0.4 is 5.32 Å². The van der Waals surface area contributed by atoms with Crippen LogP contribution in [0.5, 0.6) is 0 Å². The lowest BCUT2D eigenvalue weighted by Crippen LogP contribution is -2.11. The Bertz CT molecular complexity index is 354. The van der Waals surface area contributed by atoms with E-state index in [1.54, 1.807) is 0 Å². The van der Waals surface area contributed by atoms with Gasteiger partial charge in [-0.25, -0.2) is 4.79 Å². The summed E-state index contributed by atoms with van der Waals surface area (Å²) in [5.41, 5.74) is 0. The van der Waals surface area contributed by atoms with Gasteiger partial charge in [0.05, 0.1) is 12.4 Å². The standard InChI is InChI=1S/C6H6BrN3O3S/c1-13-5(12)4-9-10-6(14-4)8-3(11)2-7/h2H2,1H3,(H,8,10,11). The van der Waals surface area contributed by atoms with Crippen molar-refractivity contribution in [2.75, 3.05) is 17.8 Å². The molecule has 0 bridgehead atoms. The number of nitrogens with one attached hydrogen (secondary N) is 1. The number of alkyl halides is 1. The predicted octanol–water partition coefficient (Wildman–Crippen LogP) is 0.658. The smallest absolute Gasteiger partial charge is 0.369 e. The number of anilines is 1. The first kappa shape index (κ1) is 11.1. The van der Waals surface area contributed by atoms with Crippen molar-refractivity contribution in [1.82, 2.24) is 10.2 Å². The maximum Gasteiger partial charge on any atom is 0.369 e. The van der Waals surface area contributed by atoms with Gasteiger partial charge in [0.25, 0.3) is 0 Å². The number of rotatable bonds is 3. The Labute approximate surface area is 91.8 Å². The topological polar surface area (TPSA) is 81.2 Å². The summed E-state index contributed by atoms with van der Waals surface area (Å²) in [5, 5.41) is 10.1. The van der Waals surface area contributed by atoms with Crippen LogP contribution in [0.3, 0.4) is 0 Å². The number of amides is 1. The van der Waals surface area contributed by atoms with E-state index in [-0.39, 0.29) is 21.4 Å². The Kier molecular flexibility index (Phi) is 3.96. The fraction of sp³-hybridized carbons (Fsp3) is 0.333. The molecule has 1 rings (SSSR count). The largest absolute Gasteiger partial charge is 0.464 e. The summed E-state index contributed by atoms with van der Waals surface area (Å²) in [6.45, 7) is 0. The summed E-state index contributed by atoms with van der Waals surface area (Å²) < 4.78 is 4.43. The van der Waals surface area contributed by atoms with Gasteiger partial charge in [0.15, 0.2) is 0 Å². The van der Waals surface area contributed by atoms with Crippen LogP contribution in [0.2, 0.25) is 0 Å². The third kappa shape index (κ3) is 2.74. The van der Waals surface area contributed by atoms with Crippen molar-refractivity contribution < 1.29 is 14.3 Å². The monoisotopic (exact) mass is 279 g/mol. The maximum atomic E-state index is 10.9. The zero-order valence-electron chi connectivity index (χ0n) is 7.11. The Morgan fingerprint density at radius 2 is 2.29 bits per heavy atom. The molecule has 1 aromatic rings. The number of ether oxygens (including phenoxy) is 1. The molecule has 6 nitrogen and oxygen atoms in total. The van der Waals surface area contributed by atoms with E-state index in [0.717, 1.165) is 11.3 Å². The van der Waals surface area contributed by atoms with Crippen LogP contribution in [0.15, 0.2) is 0 Å². The predicted molar refractivity (Wildman–Crippen MR) is 53.7 cm³/mol. The minimum absolute atomic E-state index is 0.109. The molecule has 0 fully saturated rings. The molecular weight excluding hydrogens is 274 g/mol. The lowest BCUT2D eigenvalue weighted by Gasteiger charge is -1.93. The average Bonchev–Trinajstić information content (AvgIpc) is 2.65. The van der Waals surface area contributed by atoms with E-state index in [2.05, 4.69) is 36.2 Å². The second-order valence-corrected chi connectivity index (χ2v) is 3.62. The van der Waals surface area contributed by atoms with Gasteiger partial charge < -0.3 is 4.74 Å².